The fraction of sp³-hybridized carbons (Fsp3) is 0.381. The standard InChI is InChI=1S/C21H28N2O2/c22-21(25)14-12-19(15-18-9-5-2-6-10-18)23-16-20(24)13-11-17-7-3-1-4-8-17/h1-10,19-20,23-24H,11-16H2,(H2,22,25)/t19-,20-/m0/s1. The van der Waals surface area contributed by atoms with E-state index in [0.717, 1.165) is 12.8 Å². The molecular formula is C21H28N2O2. The molecule has 4 nitrogen and oxygen atoms in total. The number of rotatable bonds is 11. The maximum atomic E-state index is 11.1. The summed E-state index contributed by atoms with van der Waals surface area (Å²) in [5, 5.41) is 13.7. The van der Waals surface area contributed by atoms with Gasteiger partial charge in [0.05, 0.1) is 6.10 Å². The van der Waals surface area contributed by atoms with E-state index in [-0.39, 0.29) is 11.9 Å². The molecule has 4 heteroatoms. The van der Waals surface area contributed by atoms with Gasteiger partial charge >= 0.3 is 0 Å². The molecule has 2 atom stereocenters. The van der Waals surface area contributed by atoms with Gasteiger partial charge in [-0.15, -0.1) is 0 Å². The highest BCUT2D eigenvalue weighted by Gasteiger charge is 2.13. The summed E-state index contributed by atoms with van der Waals surface area (Å²) >= 11 is 0. The predicted octanol–water partition coefficient (Wildman–Crippen LogP) is 2.45. The van der Waals surface area contributed by atoms with E-state index in [1.165, 1.54) is 11.1 Å². The van der Waals surface area contributed by atoms with Crippen molar-refractivity contribution < 1.29 is 9.90 Å². The summed E-state index contributed by atoms with van der Waals surface area (Å²) < 4.78 is 0. The number of hydrogen-bond donors (Lipinski definition) is 3. The quantitative estimate of drug-likeness (QED) is 0.588. The van der Waals surface area contributed by atoms with Gasteiger partial charge in [0, 0.05) is 19.0 Å². The molecule has 0 aliphatic carbocycles. The van der Waals surface area contributed by atoms with Crippen LogP contribution in [0.2, 0.25) is 0 Å². The number of carbonyl (C=O) groups excluding carboxylic acids is 1. The van der Waals surface area contributed by atoms with Gasteiger partial charge in [0.15, 0.2) is 0 Å². The van der Waals surface area contributed by atoms with Crippen LogP contribution in [0.5, 0.6) is 0 Å². The Morgan fingerprint density at radius 2 is 1.56 bits per heavy atom. The highest BCUT2D eigenvalue weighted by Crippen LogP contribution is 2.09. The monoisotopic (exact) mass is 340 g/mol. The summed E-state index contributed by atoms with van der Waals surface area (Å²) in [5.41, 5.74) is 7.73. The first-order chi connectivity index (χ1) is 12.1. The summed E-state index contributed by atoms with van der Waals surface area (Å²) in [6, 6.07) is 20.5. The van der Waals surface area contributed by atoms with Crippen LogP contribution in [-0.2, 0) is 17.6 Å². The summed E-state index contributed by atoms with van der Waals surface area (Å²) in [5.74, 6) is -0.288. The molecule has 4 N–H and O–H groups in total. The normalized spacial score (nSPS) is 13.3. The number of aryl methyl sites for hydroxylation is 1. The third-order valence-electron chi connectivity index (χ3n) is 4.32. The Hall–Kier alpha value is -2.17. The van der Waals surface area contributed by atoms with E-state index in [2.05, 4.69) is 29.6 Å². The molecule has 0 saturated heterocycles. The Morgan fingerprint density at radius 3 is 2.16 bits per heavy atom. The molecule has 0 saturated carbocycles. The molecule has 1 amide bonds. The molecular weight excluding hydrogens is 312 g/mol. The zero-order valence-electron chi connectivity index (χ0n) is 14.6. The number of benzene rings is 2. The number of amides is 1. The average Bonchev–Trinajstić information content (AvgIpc) is 2.64. The molecule has 2 aromatic carbocycles. The second kappa shape index (κ2) is 10.6. The molecule has 0 spiro atoms. The first-order valence-electron chi connectivity index (χ1n) is 8.91. The molecule has 0 aliphatic heterocycles. The van der Waals surface area contributed by atoms with Gasteiger partial charge in [0.1, 0.15) is 0 Å². The number of hydrogen-bond acceptors (Lipinski definition) is 3. The minimum absolute atomic E-state index is 0.126. The van der Waals surface area contributed by atoms with E-state index in [0.29, 0.717) is 25.8 Å². The van der Waals surface area contributed by atoms with Crippen molar-refractivity contribution >= 4 is 5.91 Å². The number of aliphatic hydroxyl groups is 1. The van der Waals surface area contributed by atoms with E-state index in [1.807, 2.05) is 36.4 Å². The first-order valence-corrected chi connectivity index (χ1v) is 8.91. The van der Waals surface area contributed by atoms with Crippen molar-refractivity contribution in [2.45, 2.75) is 44.2 Å². The number of carbonyl (C=O) groups is 1. The van der Waals surface area contributed by atoms with E-state index in [4.69, 9.17) is 5.73 Å². The van der Waals surface area contributed by atoms with Crippen LogP contribution in [0.3, 0.4) is 0 Å². The van der Waals surface area contributed by atoms with Crippen molar-refractivity contribution in [3.8, 4) is 0 Å². The van der Waals surface area contributed by atoms with Gasteiger partial charge in [-0.25, -0.2) is 0 Å². The lowest BCUT2D eigenvalue weighted by molar-refractivity contribution is -0.118. The average molecular weight is 340 g/mol. The van der Waals surface area contributed by atoms with Gasteiger partial charge in [-0.2, -0.15) is 0 Å². The Balaban J connectivity index is 1.79. The number of primary amides is 1. The molecule has 0 radical (unpaired) electrons. The van der Waals surface area contributed by atoms with Crippen LogP contribution in [0.1, 0.15) is 30.4 Å². The van der Waals surface area contributed by atoms with Crippen LogP contribution in [0, 0.1) is 0 Å². The van der Waals surface area contributed by atoms with Crippen LogP contribution >= 0.6 is 0 Å². The van der Waals surface area contributed by atoms with Crippen LogP contribution in [0.25, 0.3) is 0 Å². The van der Waals surface area contributed by atoms with Crippen molar-refractivity contribution in [1.82, 2.24) is 5.32 Å². The Labute approximate surface area is 150 Å². The van der Waals surface area contributed by atoms with Crippen molar-refractivity contribution in [3.63, 3.8) is 0 Å². The lowest BCUT2D eigenvalue weighted by Gasteiger charge is -2.21. The Kier molecular flexibility index (Phi) is 8.16. The molecule has 25 heavy (non-hydrogen) atoms. The van der Waals surface area contributed by atoms with Gasteiger partial charge in [-0.05, 0) is 36.8 Å². The van der Waals surface area contributed by atoms with Crippen LogP contribution < -0.4 is 11.1 Å². The second-order valence-corrected chi connectivity index (χ2v) is 6.48. The zero-order valence-corrected chi connectivity index (χ0v) is 14.6. The smallest absolute Gasteiger partial charge is 0.217 e. The predicted molar refractivity (Wildman–Crippen MR) is 101 cm³/mol. The molecule has 0 fully saturated rings. The molecule has 0 aromatic heterocycles. The Bertz CT molecular complexity index is 616. The Morgan fingerprint density at radius 1 is 0.960 bits per heavy atom. The lowest BCUT2D eigenvalue weighted by atomic mass is 10.0. The minimum Gasteiger partial charge on any atom is -0.392 e. The first kappa shape index (κ1) is 19.2. The fourth-order valence-corrected chi connectivity index (χ4v) is 2.87. The second-order valence-electron chi connectivity index (χ2n) is 6.48. The van der Waals surface area contributed by atoms with Crippen LogP contribution in [-0.4, -0.2) is 29.7 Å². The van der Waals surface area contributed by atoms with E-state index in [1.54, 1.807) is 0 Å². The largest absolute Gasteiger partial charge is 0.392 e. The van der Waals surface area contributed by atoms with Crippen molar-refractivity contribution in [2.75, 3.05) is 6.54 Å². The molecule has 2 rings (SSSR count). The summed E-state index contributed by atoms with van der Waals surface area (Å²) in [6.07, 6.45) is 3.01. The lowest BCUT2D eigenvalue weighted by Crippen LogP contribution is -2.38. The summed E-state index contributed by atoms with van der Waals surface area (Å²) in [4.78, 5) is 11.1. The van der Waals surface area contributed by atoms with E-state index >= 15 is 0 Å². The maximum Gasteiger partial charge on any atom is 0.217 e. The summed E-state index contributed by atoms with van der Waals surface area (Å²) in [7, 11) is 0. The maximum absolute atomic E-state index is 11.1. The van der Waals surface area contributed by atoms with E-state index in [9.17, 15) is 9.90 Å². The SMILES string of the molecule is NC(=O)CC[C@@H](Cc1ccccc1)NC[C@@H](O)CCc1ccccc1. The topological polar surface area (TPSA) is 75.4 Å². The fourth-order valence-electron chi connectivity index (χ4n) is 2.87. The van der Waals surface area contributed by atoms with Gasteiger partial charge in [0.25, 0.3) is 0 Å². The van der Waals surface area contributed by atoms with Crippen LogP contribution in [0.15, 0.2) is 60.7 Å². The highest BCUT2D eigenvalue weighted by atomic mass is 16.3. The van der Waals surface area contributed by atoms with Crippen molar-refractivity contribution in [2.24, 2.45) is 5.73 Å². The van der Waals surface area contributed by atoms with Gasteiger partial charge in [-0.1, -0.05) is 60.7 Å². The molecule has 0 heterocycles. The molecule has 134 valence electrons. The molecule has 2 aromatic rings. The van der Waals surface area contributed by atoms with Gasteiger partial charge in [-0.3, -0.25) is 4.79 Å². The molecule has 0 bridgehead atoms. The van der Waals surface area contributed by atoms with Crippen LogP contribution in [0.4, 0.5) is 0 Å². The molecule has 0 unspecified atom stereocenters. The third-order valence-corrected chi connectivity index (χ3v) is 4.32. The molecule has 0 aliphatic rings. The van der Waals surface area contributed by atoms with Crippen molar-refractivity contribution in [1.29, 1.82) is 0 Å². The third kappa shape index (κ3) is 7.96. The summed E-state index contributed by atoms with van der Waals surface area (Å²) in [6.45, 7) is 0.517. The minimum atomic E-state index is -0.410. The number of nitrogens with one attached hydrogen (secondary N) is 1. The van der Waals surface area contributed by atoms with Gasteiger partial charge < -0.3 is 16.2 Å². The highest BCUT2D eigenvalue weighted by molar-refractivity contribution is 5.73. The van der Waals surface area contributed by atoms with Crippen molar-refractivity contribution in [3.05, 3.63) is 71.8 Å². The van der Waals surface area contributed by atoms with E-state index < -0.39 is 6.10 Å². The van der Waals surface area contributed by atoms with Gasteiger partial charge in [0.2, 0.25) is 5.91 Å². The number of aliphatic hydroxyl groups excluding tert-OH is 1. The zero-order chi connectivity index (χ0) is 17.9. The number of nitrogens with two attached hydrogens (primary N) is 1.